The Kier molecular flexibility index (Phi) is 7.00. The lowest BCUT2D eigenvalue weighted by atomic mass is 10.1. The number of halogens is 1. The number of aliphatic imine (C=N–C) groups is 1. The highest BCUT2D eigenvalue weighted by atomic mass is 19.1. The third-order valence-electron chi connectivity index (χ3n) is 6.24. The second kappa shape index (κ2) is 10.7. The second-order valence-corrected chi connectivity index (χ2v) is 8.63. The maximum Gasteiger partial charge on any atom is 0.289 e. The van der Waals surface area contributed by atoms with Gasteiger partial charge in [-0.05, 0) is 42.5 Å². The lowest BCUT2D eigenvalue weighted by Gasteiger charge is -2.29. The molecule has 0 radical (unpaired) electrons. The Labute approximate surface area is 213 Å². The molecule has 4 N–H and O–H groups in total. The first-order valence-corrected chi connectivity index (χ1v) is 11.9. The van der Waals surface area contributed by atoms with Crippen molar-refractivity contribution in [3.05, 3.63) is 84.2 Å². The molecule has 2 aliphatic rings. The van der Waals surface area contributed by atoms with Crippen LogP contribution in [-0.4, -0.2) is 56.7 Å². The Balaban J connectivity index is 1.34. The Morgan fingerprint density at radius 3 is 2.54 bits per heavy atom. The van der Waals surface area contributed by atoms with Crippen LogP contribution in [0, 0.1) is 11.2 Å². The summed E-state index contributed by atoms with van der Waals surface area (Å²) < 4.78 is 25.5. The molecule has 0 saturated carbocycles. The van der Waals surface area contributed by atoms with Crippen molar-refractivity contribution in [2.45, 2.75) is 6.04 Å². The van der Waals surface area contributed by atoms with E-state index in [9.17, 15) is 9.18 Å². The highest BCUT2D eigenvalue weighted by Crippen LogP contribution is 2.34. The average Bonchev–Trinajstić information content (AvgIpc) is 3.05. The van der Waals surface area contributed by atoms with Crippen molar-refractivity contribution >= 4 is 40.6 Å². The van der Waals surface area contributed by atoms with E-state index in [0.717, 1.165) is 11.4 Å². The molecule has 3 aromatic rings. The third-order valence-corrected chi connectivity index (χ3v) is 6.24. The molecule has 1 unspecified atom stereocenters. The fraction of sp³-hybridized carbons (Fsp3) is 0.222. The number of rotatable bonds is 4. The number of hydrogen-bond donors (Lipinski definition) is 3. The summed E-state index contributed by atoms with van der Waals surface area (Å²) in [7, 11) is 0. The molecule has 10 heteroatoms. The number of amides is 1. The monoisotopic (exact) mass is 502 g/mol. The fourth-order valence-electron chi connectivity index (χ4n) is 4.38. The van der Waals surface area contributed by atoms with Gasteiger partial charge in [0.05, 0.1) is 36.7 Å². The number of nitrogens with two attached hydrogens (primary N) is 1. The molecule has 1 fully saturated rings. The molecule has 5 rings (SSSR count). The number of nitrogens with zero attached hydrogens (tertiary/aromatic N) is 3. The number of anilines is 4. The minimum absolute atomic E-state index is 0.0567. The molecule has 1 saturated heterocycles. The van der Waals surface area contributed by atoms with E-state index in [1.54, 1.807) is 6.07 Å². The number of morpholine rings is 1. The van der Waals surface area contributed by atoms with Gasteiger partial charge in [0.15, 0.2) is 6.04 Å². The van der Waals surface area contributed by atoms with Crippen molar-refractivity contribution in [2.24, 2.45) is 10.7 Å². The molecule has 0 spiro atoms. The maximum absolute atomic E-state index is 14.8. The molecular formula is C27H27FN6O3. The summed E-state index contributed by atoms with van der Waals surface area (Å²) in [5.41, 5.74) is 8.97. The number of ether oxygens (including phenoxy) is 2. The highest BCUT2D eigenvalue weighted by molar-refractivity contribution is 6.03. The van der Waals surface area contributed by atoms with E-state index in [1.165, 1.54) is 12.1 Å². The van der Waals surface area contributed by atoms with Gasteiger partial charge in [0.25, 0.3) is 11.9 Å². The third kappa shape index (κ3) is 5.39. The standard InChI is InChI=1S/C27H27FN6O3/c28-21-16-19(33-12-14-36-15-13-33)10-11-20(21)25(29)37-27(30)32-23-17-34(18-6-2-1-3-7-18)24-9-5-4-8-22(24)31-26(23)35/h1-11,16,23,29H,12-15,17H2,(H2,30,32)(H,31,35). The van der Waals surface area contributed by atoms with Gasteiger partial charge in [0.2, 0.25) is 5.90 Å². The highest BCUT2D eigenvalue weighted by Gasteiger charge is 2.29. The summed E-state index contributed by atoms with van der Waals surface area (Å²) in [6.45, 7) is 2.68. The maximum atomic E-state index is 14.8. The molecule has 0 aliphatic carbocycles. The average molecular weight is 503 g/mol. The Morgan fingerprint density at radius 1 is 1.05 bits per heavy atom. The molecule has 1 amide bonds. The summed E-state index contributed by atoms with van der Waals surface area (Å²) in [4.78, 5) is 21.2. The van der Waals surface area contributed by atoms with E-state index >= 15 is 0 Å². The van der Waals surface area contributed by atoms with Gasteiger partial charge in [-0.25, -0.2) is 9.38 Å². The number of hydrogen-bond acceptors (Lipinski definition) is 7. The summed E-state index contributed by atoms with van der Waals surface area (Å²) in [6, 6.07) is 20.3. The van der Waals surface area contributed by atoms with Crippen molar-refractivity contribution in [3.8, 4) is 0 Å². The zero-order valence-corrected chi connectivity index (χ0v) is 20.1. The van der Waals surface area contributed by atoms with E-state index in [1.807, 2.05) is 64.4 Å². The van der Waals surface area contributed by atoms with Gasteiger partial charge < -0.3 is 30.3 Å². The van der Waals surface area contributed by atoms with Gasteiger partial charge >= 0.3 is 0 Å². The predicted octanol–water partition coefficient (Wildman–Crippen LogP) is 3.48. The quantitative estimate of drug-likeness (QED) is 0.372. The topological polar surface area (TPSA) is 116 Å². The molecule has 190 valence electrons. The number of carbonyl (C=O) groups is 1. The van der Waals surface area contributed by atoms with E-state index in [-0.39, 0.29) is 18.0 Å². The van der Waals surface area contributed by atoms with E-state index < -0.39 is 23.8 Å². The van der Waals surface area contributed by atoms with Gasteiger partial charge in [-0.2, -0.15) is 0 Å². The molecule has 2 aliphatic heterocycles. The van der Waals surface area contributed by atoms with Crippen LogP contribution in [0.4, 0.5) is 27.1 Å². The lowest BCUT2D eigenvalue weighted by Crippen LogP contribution is -2.36. The first-order chi connectivity index (χ1) is 18.0. The Bertz CT molecular complexity index is 1330. The van der Waals surface area contributed by atoms with Crippen molar-refractivity contribution in [2.75, 3.05) is 48.0 Å². The van der Waals surface area contributed by atoms with Gasteiger partial charge in [-0.3, -0.25) is 10.2 Å². The number of nitrogens with one attached hydrogen (secondary N) is 2. The van der Waals surface area contributed by atoms with Gasteiger partial charge in [-0.15, -0.1) is 0 Å². The van der Waals surface area contributed by atoms with E-state index in [4.69, 9.17) is 20.6 Å². The zero-order valence-electron chi connectivity index (χ0n) is 20.1. The minimum atomic E-state index is -0.936. The molecule has 9 nitrogen and oxygen atoms in total. The van der Waals surface area contributed by atoms with Gasteiger partial charge in [0, 0.05) is 24.5 Å². The van der Waals surface area contributed by atoms with E-state index in [0.29, 0.717) is 37.7 Å². The van der Waals surface area contributed by atoms with Crippen LogP contribution < -0.4 is 20.9 Å². The molecule has 0 bridgehead atoms. The van der Waals surface area contributed by atoms with Crippen molar-refractivity contribution in [1.29, 1.82) is 5.41 Å². The van der Waals surface area contributed by atoms with Gasteiger partial charge in [-0.1, -0.05) is 30.3 Å². The zero-order chi connectivity index (χ0) is 25.8. The number of amidine groups is 1. The first kappa shape index (κ1) is 24.3. The summed E-state index contributed by atoms with van der Waals surface area (Å²) in [6.07, 6.45) is 0. The van der Waals surface area contributed by atoms with Crippen LogP contribution in [0.25, 0.3) is 0 Å². The van der Waals surface area contributed by atoms with Crippen LogP contribution >= 0.6 is 0 Å². The molecular weight excluding hydrogens is 475 g/mol. The fourth-order valence-corrected chi connectivity index (χ4v) is 4.38. The Morgan fingerprint density at radius 2 is 1.78 bits per heavy atom. The smallest absolute Gasteiger partial charge is 0.289 e. The summed E-state index contributed by atoms with van der Waals surface area (Å²) in [5, 5.41) is 11.1. The second-order valence-electron chi connectivity index (χ2n) is 8.63. The number of carbonyl (C=O) groups excluding carboxylic acids is 1. The molecule has 2 heterocycles. The molecule has 3 aromatic carbocycles. The van der Waals surface area contributed by atoms with Crippen LogP contribution in [0.1, 0.15) is 5.56 Å². The van der Waals surface area contributed by atoms with Crippen LogP contribution in [0.3, 0.4) is 0 Å². The minimum Gasteiger partial charge on any atom is -0.407 e. The molecule has 0 aromatic heterocycles. The number of fused-ring (bicyclic) bond motifs is 1. The molecule has 1 atom stereocenters. The van der Waals surface area contributed by atoms with Crippen molar-refractivity contribution < 1.29 is 18.7 Å². The van der Waals surface area contributed by atoms with Crippen molar-refractivity contribution in [1.82, 2.24) is 0 Å². The summed E-state index contributed by atoms with van der Waals surface area (Å²) >= 11 is 0. The van der Waals surface area contributed by atoms with Crippen LogP contribution in [-0.2, 0) is 14.3 Å². The van der Waals surface area contributed by atoms with Crippen LogP contribution in [0.2, 0.25) is 0 Å². The van der Waals surface area contributed by atoms with Crippen molar-refractivity contribution in [3.63, 3.8) is 0 Å². The largest absolute Gasteiger partial charge is 0.407 e. The first-order valence-electron chi connectivity index (χ1n) is 11.9. The lowest BCUT2D eigenvalue weighted by molar-refractivity contribution is -0.117. The number of para-hydroxylation sites is 3. The van der Waals surface area contributed by atoms with Crippen LogP contribution in [0.15, 0.2) is 77.8 Å². The van der Waals surface area contributed by atoms with E-state index in [2.05, 4.69) is 10.3 Å². The SMILES string of the molecule is N=C(OC(N)=NC1CN(c2ccccc2)c2ccccc2NC1=O)c1ccc(N2CCOCC2)cc1F. The number of benzene rings is 3. The normalized spacial score (nSPS) is 18.0. The predicted molar refractivity (Wildman–Crippen MR) is 141 cm³/mol. The van der Waals surface area contributed by atoms with Crippen LogP contribution in [0.5, 0.6) is 0 Å². The Hall–Kier alpha value is -4.44. The summed E-state index contributed by atoms with van der Waals surface area (Å²) in [5.74, 6) is -1.48. The molecule has 37 heavy (non-hydrogen) atoms. The van der Waals surface area contributed by atoms with Gasteiger partial charge in [0.1, 0.15) is 5.82 Å².